The third-order valence-electron chi connectivity index (χ3n) is 4.31. The number of nitrogens with one attached hydrogen (secondary N) is 1. The van der Waals surface area contributed by atoms with Gasteiger partial charge in [-0.1, -0.05) is 31.9 Å². The maximum atomic E-state index is 12.3. The SMILES string of the molecule is CCCCCS(=O)(=O)N1CCN(c2nc3ccccc3[nH]2)CC1. The van der Waals surface area contributed by atoms with Crippen molar-refractivity contribution in [3.8, 4) is 0 Å². The number of imidazole rings is 1. The molecular formula is C16H24N4O2S. The number of anilines is 1. The standard InChI is InChI=1S/C16H24N4O2S/c1-2-3-6-13-23(21,22)20-11-9-19(10-12-20)16-17-14-7-4-5-8-15(14)18-16/h4-5,7-8H,2-3,6,9-13H2,1H3,(H,17,18). The van der Waals surface area contributed by atoms with Gasteiger partial charge >= 0.3 is 0 Å². The molecule has 23 heavy (non-hydrogen) atoms. The van der Waals surface area contributed by atoms with Gasteiger partial charge in [-0.25, -0.2) is 13.4 Å². The van der Waals surface area contributed by atoms with Crippen molar-refractivity contribution in [3.63, 3.8) is 0 Å². The van der Waals surface area contributed by atoms with Gasteiger partial charge in [-0.2, -0.15) is 4.31 Å². The number of hydrogen-bond donors (Lipinski definition) is 1. The number of benzene rings is 1. The third-order valence-corrected chi connectivity index (χ3v) is 6.27. The number of aromatic amines is 1. The molecule has 0 aliphatic carbocycles. The van der Waals surface area contributed by atoms with Crippen molar-refractivity contribution < 1.29 is 8.42 Å². The van der Waals surface area contributed by atoms with Crippen LogP contribution in [0.3, 0.4) is 0 Å². The van der Waals surface area contributed by atoms with Crippen LogP contribution < -0.4 is 4.90 Å². The minimum absolute atomic E-state index is 0.269. The van der Waals surface area contributed by atoms with Crippen molar-refractivity contribution in [1.29, 1.82) is 0 Å². The maximum Gasteiger partial charge on any atom is 0.214 e. The average Bonchev–Trinajstić information content (AvgIpc) is 2.99. The second kappa shape index (κ2) is 6.88. The van der Waals surface area contributed by atoms with Gasteiger partial charge in [-0.3, -0.25) is 0 Å². The minimum atomic E-state index is -3.11. The zero-order valence-corrected chi connectivity index (χ0v) is 14.3. The summed E-state index contributed by atoms with van der Waals surface area (Å²) in [7, 11) is -3.11. The summed E-state index contributed by atoms with van der Waals surface area (Å²) in [4.78, 5) is 10.0. The smallest absolute Gasteiger partial charge is 0.214 e. The molecule has 1 aromatic heterocycles. The zero-order chi connectivity index (χ0) is 16.3. The monoisotopic (exact) mass is 336 g/mol. The number of sulfonamides is 1. The molecule has 1 aliphatic rings. The van der Waals surface area contributed by atoms with Crippen LogP contribution in [-0.4, -0.2) is 54.6 Å². The second-order valence-corrected chi connectivity index (χ2v) is 8.08. The largest absolute Gasteiger partial charge is 0.340 e. The van der Waals surface area contributed by atoms with Crippen LogP contribution in [0.5, 0.6) is 0 Å². The first-order valence-electron chi connectivity index (χ1n) is 8.27. The van der Waals surface area contributed by atoms with Crippen LogP contribution in [0.2, 0.25) is 0 Å². The van der Waals surface area contributed by atoms with E-state index in [1.54, 1.807) is 4.31 Å². The molecule has 0 amide bonds. The molecular weight excluding hydrogens is 312 g/mol. The number of hydrogen-bond acceptors (Lipinski definition) is 4. The molecule has 2 aromatic rings. The second-order valence-electron chi connectivity index (χ2n) is 5.99. The number of H-pyrrole nitrogens is 1. The first-order valence-corrected chi connectivity index (χ1v) is 9.88. The molecule has 1 aliphatic heterocycles. The van der Waals surface area contributed by atoms with E-state index in [4.69, 9.17) is 0 Å². The van der Waals surface area contributed by atoms with Gasteiger partial charge in [-0.15, -0.1) is 0 Å². The Morgan fingerprint density at radius 3 is 2.57 bits per heavy atom. The Kier molecular flexibility index (Phi) is 4.87. The highest BCUT2D eigenvalue weighted by Crippen LogP contribution is 2.19. The third kappa shape index (κ3) is 3.67. The fourth-order valence-electron chi connectivity index (χ4n) is 2.93. The van der Waals surface area contributed by atoms with Gasteiger partial charge in [0.25, 0.3) is 0 Å². The maximum absolute atomic E-state index is 12.3. The Balaban J connectivity index is 1.61. The van der Waals surface area contributed by atoms with Gasteiger partial charge in [0.2, 0.25) is 16.0 Å². The Morgan fingerprint density at radius 2 is 1.87 bits per heavy atom. The molecule has 0 bridgehead atoms. The lowest BCUT2D eigenvalue weighted by molar-refractivity contribution is 0.382. The number of rotatable bonds is 6. The summed E-state index contributed by atoms with van der Waals surface area (Å²) >= 11 is 0. The first kappa shape index (κ1) is 16.3. The van der Waals surface area contributed by atoms with Crippen molar-refractivity contribution in [2.24, 2.45) is 0 Å². The van der Waals surface area contributed by atoms with Crippen molar-refractivity contribution in [3.05, 3.63) is 24.3 Å². The number of aromatic nitrogens is 2. The molecule has 0 unspecified atom stereocenters. The molecule has 0 saturated carbocycles. The van der Waals surface area contributed by atoms with Gasteiger partial charge < -0.3 is 9.88 Å². The predicted octanol–water partition coefficient (Wildman–Crippen LogP) is 2.20. The van der Waals surface area contributed by atoms with Crippen LogP contribution in [-0.2, 0) is 10.0 Å². The molecule has 1 fully saturated rings. The predicted molar refractivity (Wildman–Crippen MR) is 93.2 cm³/mol. The lowest BCUT2D eigenvalue weighted by Gasteiger charge is -2.33. The number of piperazine rings is 1. The summed E-state index contributed by atoms with van der Waals surface area (Å²) in [6.45, 7) is 4.50. The molecule has 2 heterocycles. The zero-order valence-electron chi connectivity index (χ0n) is 13.5. The Morgan fingerprint density at radius 1 is 1.13 bits per heavy atom. The van der Waals surface area contributed by atoms with E-state index in [-0.39, 0.29) is 5.75 Å². The molecule has 7 heteroatoms. The topological polar surface area (TPSA) is 69.3 Å². The van der Waals surface area contributed by atoms with Crippen LogP contribution in [0.25, 0.3) is 11.0 Å². The van der Waals surface area contributed by atoms with E-state index >= 15 is 0 Å². The van der Waals surface area contributed by atoms with Gasteiger partial charge in [0.05, 0.1) is 16.8 Å². The van der Waals surface area contributed by atoms with Gasteiger partial charge in [0, 0.05) is 26.2 Å². The average molecular weight is 336 g/mol. The highest BCUT2D eigenvalue weighted by atomic mass is 32.2. The van der Waals surface area contributed by atoms with Crippen LogP contribution in [0.15, 0.2) is 24.3 Å². The van der Waals surface area contributed by atoms with Crippen LogP contribution in [0, 0.1) is 0 Å². The van der Waals surface area contributed by atoms with Gasteiger partial charge in [0.1, 0.15) is 0 Å². The molecule has 3 rings (SSSR count). The van der Waals surface area contributed by atoms with Crippen molar-refractivity contribution >= 4 is 27.0 Å². The van der Waals surface area contributed by atoms with Crippen LogP contribution in [0.4, 0.5) is 5.95 Å². The van der Waals surface area contributed by atoms with E-state index in [9.17, 15) is 8.42 Å². The first-order chi connectivity index (χ1) is 11.1. The van der Waals surface area contributed by atoms with E-state index < -0.39 is 10.0 Å². The van der Waals surface area contributed by atoms with E-state index in [0.717, 1.165) is 36.2 Å². The molecule has 0 spiro atoms. The lowest BCUT2D eigenvalue weighted by Crippen LogP contribution is -2.49. The van der Waals surface area contributed by atoms with Gasteiger partial charge in [-0.05, 0) is 18.6 Å². The van der Waals surface area contributed by atoms with Crippen molar-refractivity contribution in [1.82, 2.24) is 14.3 Å². The molecule has 126 valence electrons. The van der Waals surface area contributed by atoms with Gasteiger partial charge in [0.15, 0.2) is 0 Å². The number of para-hydroxylation sites is 2. The number of fused-ring (bicyclic) bond motifs is 1. The summed E-state index contributed by atoms with van der Waals surface area (Å²) in [5.41, 5.74) is 1.95. The summed E-state index contributed by atoms with van der Waals surface area (Å²) < 4.78 is 26.3. The summed E-state index contributed by atoms with van der Waals surface area (Å²) in [6.07, 6.45) is 2.76. The van der Waals surface area contributed by atoms with Crippen LogP contribution >= 0.6 is 0 Å². The Hall–Kier alpha value is -1.60. The number of nitrogens with zero attached hydrogens (tertiary/aromatic N) is 3. The minimum Gasteiger partial charge on any atom is -0.340 e. The summed E-state index contributed by atoms with van der Waals surface area (Å²) in [5, 5.41) is 0. The lowest BCUT2D eigenvalue weighted by atomic mass is 10.3. The quantitative estimate of drug-likeness (QED) is 0.821. The Labute approximate surface area is 137 Å². The molecule has 1 saturated heterocycles. The van der Waals surface area contributed by atoms with E-state index in [1.807, 2.05) is 24.3 Å². The fraction of sp³-hybridized carbons (Fsp3) is 0.562. The normalized spacial score (nSPS) is 17.0. The van der Waals surface area contributed by atoms with E-state index in [0.29, 0.717) is 26.2 Å². The van der Waals surface area contributed by atoms with Crippen LogP contribution in [0.1, 0.15) is 26.2 Å². The molecule has 1 N–H and O–H groups in total. The van der Waals surface area contributed by atoms with Crippen molar-refractivity contribution in [2.45, 2.75) is 26.2 Å². The molecule has 0 radical (unpaired) electrons. The van der Waals surface area contributed by atoms with E-state index in [1.165, 1.54) is 0 Å². The fourth-order valence-corrected chi connectivity index (χ4v) is 4.48. The summed E-state index contributed by atoms with van der Waals surface area (Å²) in [5.74, 6) is 1.10. The highest BCUT2D eigenvalue weighted by molar-refractivity contribution is 7.89. The van der Waals surface area contributed by atoms with Crippen molar-refractivity contribution in [2.75, 3.05) is 36.8 Å². The van der Waals surface area contributed by atoms with E-state index in [2.05, 4.69) is 21.8 Å². The number of unbranched alkanes of at least 4 members (excludes halogenated alkanes) is 2. The molecule has 0 atom stereocenters. The highest BCUT2D eigenvalue weighted by Gasteiger charge is 2.27. The molecule has 1 aromatic carbocycles. The Bertz CT molecular complexity index is 715. The molecule has 6 nitrogen and oxygen atoms in total. The summed E-state index contributed by atoms with van der Waals surface area (Å²) in [6, 6.07) is 7.92.